The SMILES string of the molecule is COc1ncccc1COc1ccc(CCl)cc1F. The van der Waals surface area contributed by atoms with Crippen LogP contribution in [0.1, 0.15) is 11.1 Å². The lowest BCUT2D eigenvalue weighted by Crippen LogP contribution is -2.01. The van der Waals surface area contributed by atoms with E-state index in [0.29, 0.717) is 11.4 Å². The van der Waals surface area contributed by atoms with Crippen molar-refractivity contribution in [2.24, 2.45) is 0 Å². The number of methoxy groups -OCH3 is 1. The fraction of sp³-hybridized carbons (Fsp3) is 0.214. The highest BCUT2D eigenvalue weighted by Gasteiger charge is 2.08. The zero-order valence-corrected chi connectivity index (χ0v) is 11.2. The van der Waals surface area contributed by atoms with Crippen molar-refractivity contribution in [3.63, 3.8) is 0 Å². The molecule has 0 saturated heterocycles. The number of benzene rings is 1. The molecule has 0 fully saturated rings. The number of hydrogen-bond donors (Lipinski definition) is 0. The van der Waals surface area contributed by atoms with Gasteiger partial charge < -0.3 is 9.47 Å². The molecule has 3 nitrogen and oxygen atoms in total. The molecule has 2 aromatic rings. The minimum atomic E-state index is -0.430. The number of ether oxygens (including phenoxy) is 2. The van der Waals surface area contributed by atoms with Gasteiger partial charge in [-0.15, -0.1) is 11.6 Å². The lowest BCUT2D eigenvalue weighted by atomic mass is 10.2. The molecule has 5 heteroatoms. The van der Waals surface area contributed by atoms with Crippen LogP contribution in [0.3, 0.4) is 0 Å². The molecule has 0 radical (unpaired) electrons. The van der Waals surface area contributed by atoms with Gasteiger partial charge in [-0.25, -0.2) is 9.37 Å². The Labute approximate surface area is 115 Å². The van der Waals surface area contributed by atoms with E-state index in [1.807, 2.05) is 6.07 Å². The fourth-order valence-corrected chi connectivity index (χ4v) is 1.78. The van der Waals surface area contributed by atoms with Crippen molar-refractivity contribution < 1.29 is 13.9 Å². The van der Waals surface area contributed by atoms with E-state index in [9.17, 15) is 4.39 Å². The van der Waals surface area contributed by atoms with Crippen molar-refractivity contribution in [2.45, 2.75) is 12.5 Å². The van der Waals surface area contributed by atoms with Crippen LogP contribution in [-0.2, 0) is 12.5 Å². The fourth-order valence-electron chi connectivity index (χ4n) is 1.62. The van der Waals surface area contributed by atoms with E-state index in [-0.39, 0.29) is 18.2 Å². The smallest absolute Gasteiger partial charge is 0.219 e. The standard InChI is InChI=1S/C14H13ClFNO2/c1-18-14-11(3-2-6-17-14)9-19-13-5-4-10(8-15)7-12(13)16/h2-7H,8-9H2,1H3. The maximum absolute atomic E-state index is 13.7. The van der Waals surface area contributed by atoms with Gasteiger partial charge in [0.15, 0.2) is 11.6 Å². The summed E-state index contributed by atoms with van der Waals surface area (Å²) in [5.74, 6) is 0.495. The minimum absolute atomic E-state index is 0.180. The zero-order valence-electron chi connectivity index (χ0n) is 10.4. The maximum Gasteiger partial charge on any atom is 0.219 e. The third kappa shape index (κ3) is 3.35. The number of aromatic nitrogens is 1. The highest BCUT2D eigenvalue weighted by atomic mass is 35.5. The van der Waals surface area contributed by atoms with Gasteiger partial charge in [0.25, 0.3) is 0 Å². The monoisotopic (exact) mass is 281 g/mol. The van der Waals surface area contributed by atoms with E-state index < -0.39 is 5.82 Å². The molecule has 2 rings (SSSR count). The molecule has 100 valence electrons. The second kappa shape index (κ2) is 6.38. The van der Waals surface area contributed by atoms with Crippen molar-refractivity contribution in [1.82, 2.24) is 4.98 Å². The summed E-state index contributed by atoms with van der Waals surface area (Å²) in [4.78, 5) is 4.05. The van der Waals surface area contributed by atoms with Crippen LogP contribution >= 0.6 is 11.6 Å². The average molecular weight is 282 g/mol. The van der Waals surface area contributed by atoms with Gasteiger partial charge in [-0.05, 0) is 29.8 Å². The van der Waals surface area contributed by atoms with Gasteiger partial charge in [-0.2, -0.15) is 0 Å². The van der Waals surface area contributed by atoms with Crippen molar-refractivity contribution in [3.8, 4) is 11.6 Å². The van der Waals surface area contributed by atoms with Crippen LogP contribution in [-0.4, -0.2) is 12.1 Å². The molecule has 1 heterocycles. The first-order valence-corrected chi connectivity index (χ1v) is 6.23. The van der Waals surface area contributed by atoms with Gasteiger partial charge in [0.1, 0.15) is 6.61 Å². The lowest BCUT2D eigenvalue weighted by Gasteiger charge is -2.10. The molecule has 19 heavy (non-hydrogen) atoms. The quantitative estimate of drug-likeness (QED) is 0.786. The van der Waals surface area contributed by atoms with Crippen molar-refractivity contribution in [1.29, 1.82) is 0 Å². The third-order valence-electron chi connectivity index (χ3n) is 2.58. The van der Waals surface area contributed by atoms with Crippen LogP contribution in [0.4, 0.5) is 4.39 Å². The predicted octanol–water partition coefficient (Wildman–Crippen LogP) is 3.55. The van der Waals surface area contributed by atoms with Crippen molar-refractivity contribution in [2.75, 3.05) is 7.11 Å². The molecule has 0 saturated carbocycles. The molecule has 0 aliphatic rings. The van der Waals surface area contributed by atoms with Gasteiger partial charge >= 0.3 is 0 Å². The van der Waals surface area contributed by atoms with Gasteiger partial charge in [0, 0.05) is 12.1 Å². The Morgan fingerprint density at radius 1 is 1.32 bits per heavy atom. The summed E-state index contributed by atoms with van der Waals surface area (Å²) < 4.78 is 24.2. The van der Waals surface area contributed by atoms with E-state index in [4.69, 9.17) is 21.1 Å². The Morgan fingerprint density at radius 3 is 2.84 bits per heavy atom. The summed E-state index contributed by atoms with van der Waals surface area (Å²) in [6.07, 6.45) is 1.62. The summed E-state index contributed by atoms with van der Waals surface area (Å²) in [6, 6.07) is 8.25. The molecular weight excluding hydrogens is 269 g/mol. The highest BCUT2D eigenvalue weighted by Crippen LogP contribution is 2.22. The molecular formula is C14H13ClFNO2. The molecule has 0 bridgehead atoms. The number of rotatable bonds is 5. The van der Waals surface area contributed by atoms with Gasteiger partial charge in [0.05, 0.1) is 12.7 Å². The van der Waals surface area contributed by atoms with Crippen LogP contribution in [0.5, 0.6) is 11.6 Å². The third-order valence-corrected chi connectivity index (χ3v) is 2.89. The largest absolute Gasteiger partial charge is 0.486 e. The van der Waals surface area contributed by atoms with Crippen LogP contribution in [0.2, 0.25) is 0 Å². The normalized spacial score (nSPS) is 10.3. The molecule has 0 unspecified atom stereocenters. The second-order valence-corrected chi connectivity index (χ2v) is 4.13. The second-order valence-electron chi connectivity index (χ2n) is 3.86. The number of alkyl halides is 1. The zero-order chi connectivity index (χ0) is 13.7. The van der Waals surface area contributed by atoms with Crippen LogP contribution in [0.25, 0.3) is 0 Å². The van der Waals surface area contributed by atoms with Crippen LogP contribution in [0, 0.1) is 5.82 Å². The first kappa shape index (κ1) is 13.6. The average Bonchev–Trinajstić information content (AvgIpc) is 2.46. The summed E-state index contributed by atoms with van der Waals surface area (Å²) in [5, 5.41) is 0. The molecule has 0 N–H and O–H groups in total. The summed E-state index contributed by atoms with van der Waals surface area (Å²) in [6.45, 7) is 0.189. The molecule has 0 aliphatic carbocycles. The molecule has 0 aliphatic heterocycles. The first-order valence-electron chi connectivity index (χ1n) is 5.69. The molecule has 0 spiro atoms. The topological polar surface area (TPSA) is 31.4 Å². The summed E-state index contributed by atoms with van der Waals surface area (Å²) in [5.41, 5.74) is 1.47. The maximum atomic E-state index is 13.7. The summed E-state index contributed by atoms with van der Waals surface area (Å²) >= 11 is 5.63. The van der Waals surface area contributed by atoms with E-state index in [1.165, 1.54) is 13.2 Å². The van der Waals surface area contributed by atoms with Gasteiger partial charge in [-0.1, -0.05) is 6.07 Å². The Hall–Kier alpha value is -1.81. The molecule has 1 aromatic carbocycles. The minimum Gasteiger partial charge on any atom is -0.486 e. The number of nitrogens with zero attached hydrogens (tertiary/aromatic N) is 1. The predicted molar refractivity (Wildman–Crippen MR) is 71.1 cm³/mol. The van der Waals surface area contributed by atoms with E-state index in [1.54, 1.807) is 24.4 Å². The van der Waals surface area contributed by atoms with E-state index in [2.05, 4.69) is 4.98 Å². The highest BCUT2D eigenvalue weighted by molar-refractivity contribution is 6.17. The van der Waals surface area contributed by atoms with Crippen molar-refractivity contribution in [3.05, 3.63) is 53.5 Å². The number of hydrogen-bond acceptors (Lipinski definition) is 3. The van der Waals surface area contributed by atoms with Gasteiger partial charge in [0.2, 0.25) is 5.88 Å². The Kier molecular flexibility index (Phi) is 4.58. The van der Waals surface area contributed by atoms with E-state index in [0.717, 1.165) is 5.56 Å². The van der Waals surface area contributed by atoms with Crippen LogP contribution < -0.4 is 9.47 Å². The van der Waals surface area contributed by atoms with Crippen molar-refractivity contribution >= 4 is 11.6 Å². The molecule has 0 amide bonds. The number of halogens is 2. The van der Waals surface area contributed by atoms with Crippen LogP contribution in [0.15, 0.2) is 36.5 Å². The van der Waals surface area contributed by atoms with E-state index >= 15 is 0 Å². The lowest BCUT2D eigenvalue weighted by molar-refractivity contribution is 0.280. The number of pyridine rings is 1. The Balaban J connectivity index is 2.10. The Morgan fingerprint density at radius 2 is 2.16 bits per heavy atom. The molecule has 0 atom stereocenters. The first-order chi connectivity index (χ1) is 9.24. The van der Waals surface area contributed by atoms with Gasteiger partial charge in [-0.3, -0.25) is 0 Å². The Bertz CT molecular complexity index is 563. The molecule has 1 aromatic heterocycles. The summed E-state index contributed by atoms with van der Waals surface area (Å²) in [7, 11) is 1.53.